The number of carbonyl (C=O) groups is 3. The molecule has 0 spiro atoms. The van der Waals surface area contributed by atoms with E-state index in [1.54, 1.807) is 55.5 Å². The summed E-state index contributed by atoms with van der Waals surface area (Å²) in [6, 6.07) is 13.0. The molecule has 2 aromatic rings. The van der Waals surface area contributed by atoms with Crippen molar-refractivity contribution < 1.29 is 19.1 Å². The largest absolute Gasteiger partial charge is 0.484 e. The molecule has 8 nitrogen and oxygen atoms in total. The van der Waals surface area contributed by atoms with Crippen LogP contribution in [0.5, 0.6) is 5.75 Å². The summed E-state index contributed by atoms with van der Waals surface area (Å²) in [5, 5.41) is 6.84. The zero-order chi connectivity index (χ0) is 19.8. The van der Waals surface area contributed by atoms with Gasteiger partial charge in [0, 0.05) is 10.7 Å². The number of benzene rings is 2. The highest BCUT2D eigenvalue weighted by Gasteiger charge is 2.13. The molecule has 0 saturated heterocycles. The van der Waals surface area contributed by atoms with Gasteiger partial charge in [-0.1, -0.05) is 11.6 Å². The number of anilines is 1. The molecule has 140 valence electrons. The average Bonchev–Trinajstić information content (AvgIpc) is 2.66. The van der Waals surface area contributed by atoms with E-state index in [1.165, 1.54) is 0 Å². The van der Waals surface area contributed by atoms with Crippen LogP contribution in [0.1, 0.15) is 12.5 Å². The third-order valence-electron chi connectivity index (χ3n) is 3.29. The number of carbonyl (C=O) groups excluding carboxylic acids is 3. The van der Waals surface area contributed by atoms with Crippen LogP contribution in [0.15, 0.2) is 53.6 Å². The first-order chi connectivity index (χ1) is 12.8. The summed E-state index contributed by atoms with van der Waals surface area (Å²) in [5.41, 5.74) is 8.80. The lowest BCUT2D eigenvalue weighted by molar-refractivity contribution is -0.136. The number of amides is 3. The van der Waals surface area contributed by atoms with E-state index >= 15 is 0 Å². The van der Waals surface area contributed by atoms with Gasteiger partial charge in [-0.2, -0.15) is 5.10 Å². The molecular weight excluding hydrogens is 372 g/mol. The van der Waals surface area contributed by atoms with Crippen molar-refractivity contribution in [2.75, 3.05) is 11.9 Å². The number of hydrogen-bond donors (Lipinski definition) is 3. The smallest absolute Gasteiger partial charge is 0.329 e. The van der Waals surface area contributed by atoms with Crippen molar-refractivity contribution in [3.63, 3.8) is 0 Å². The molecule has 0 aliphatic carbocycles. The van der Waals surface area contributed by atoms with Crippen LogP contribution in [0, 0.1) is 0 Å². The van der Waals surface area contributed by atoms with Crippen LogP contribution in [0.25, 0.3) is 0 Å². The van der Waals surface area contributed by atoms with Crippen LogP contribution in [0.2, 0.25) is 5.02 Å². The van der Waals surface area contributed by atoms with Crippen molar-refractivity contribution >= 4 is 40.7 Å². The Balaban J connectivity index is 1.91. The monoisotopic (exact) mass is 388 g/mol. The van der Waals surface area contributed by atoms with Gasteiger partial charge >= 0.3 is 11.8 Å². The Morgan fingerprint density at radius 2 is 1.67 bits per heavy atom. The lowest BCUT2D eigenvalue weighted by Crippen LogP contribution is -2.32. The third kappa shape index (κ3) is 6.44. The van der Waals surface area contributed by atoms with E-state index in [9.17, 15) is 14.4 Å². The maximum atomic E-state index is 11.8. The summed E-state index contributed by atoms with van der Waals surface area (Å²) in [6.07, 6.45) is 0. The van der Waals surface area contributed by atoms with E-state index in [-0.39, 0.29) is 6.61 Å². The van der Waals surface area contributed by atoms with Gasteiger partial charge < -0.3 is 15.8 Å². The molecule has 4 N–H and O–H groups in total. The second kappa shape index (κ2) is 9.35. The molecule has 3 amide bonds. The second-order valence-electron chi connectivity index (χ2n) is 5.38. The number of hydrogen-bond acceptors (Lipinski definition) is 5. The van der Waals surface area contributed by atoms with E-state index in [1.807, 2.05) is 0 Å². The number of halogens is 1. The predicted molar refractivity (Wildman–Crippen MR) is 102 cm³/mol. The normalized spacial score (nSPS) is 10.8. The van der Waals surface area contributed by atoms with E-state index in [0.717, 1.165) is 0 Å². The van der Waals surface area contributed by atoms with E-state index in [4.69, 9.17) is 22.1 Å². The lowest BCUT2D eigenvalue weighted by atomic mass is 10.1. The fourth-order valence-corrected chi connectivity index (χ4v) is 2.04. The molecule has 2 aromatic carbocycles. The maximum Gasteiger partial charge on any atom is 0.329 e. The molecule has 0 aliphatic heterocycles. The van der Waals surface area contributed by atoms with Crippen molar-refractivity contribution in [2.24, 2.45) is 10.8 Å². The Kier molecular flexibility index (Phi) is 6.90. The van der Waals surface area contributed by atoms with Crippen molar-refractivity contribution in [1.82, 2.24) is 5.43 Å². The summed E-state index contributed by atoms with van der Waals surface area (Å²) in [5.74, 6) is -1.87. The van der Waals surface area contributed by atoms with E-state index in [2.05, 4.69) is 15.8 Å². The molecule has 0 heterocycles. The first kappa shape index (κ1) is 19.9. The van der Waals surface area contributed by atoms with Crippen LogP contribution in [-0.2, 0) is 14.4 Å². The van der Waals surface area contributed by atoms with Crippen molar-refractivity contribution in [2.45, 2.75) is 6.92 Å². The highest BCUT2D eigenvalue weighted by Crippen LogP contribution is 2.14. The van der Waals surface area contributed by atoms with Crippen LogP contribution in [0.3, 0.4) is 0 Å². The highest BCUT2D eigenvalue weighted by molar-refractivity contribution is 6.39. The summed E-state index contributed by atoms with van der Waals surface area (Å²) in [6.45, 7) is 1.45. The molecule has 0 fully saturated rings. The summed E-state index contributed by atoms with van der Waals surface area (Å²) in [7, 11) is 0. The van der Waals surface area contributed by atoms with E-state index < -0.39 is 17.7 Å². The van der Waals surface area contributed by atoms with Crippen LogP contribution in [0.4, 0.5) is 5.69 Å². The quantitative estimate of drug-likeness (QED) is 0.395. The number of nitrogens with zero attached hydrogens (tertiary/aromatic N) is 1. The minimum atomic E-state index is -0.911. The van der Waals surface area contributed by atoms with Crippen LogP contribution in [-0.4, -0.2) is 30.0 Å². The molecular formula is C18H17ClN4O4. The summed E-state index contributed by atoms with van der Waals surface area (Å²) < 4.78 is 5.15. The topological polar surface area (TPSA) is 123 Å². The standard InChI is InChI=1S/C18H17ClN4O4/c1-11(12-2-8-15(9-3-12)27-10-16(20)24)22-23-18(26)17(25)21-14-6-4-13(19)5-7-14/h2-9H,10H2,1H3,(H2,20,24)(H,21,25)(H,23,26). The van der Waals surface area contributed by atoms with Crippen LogP contribution >= 0.6 is 11.6 Å². The maximum absolute atomic E-state index is 11.8. The Labute approximate surface area is 160 Å². The Hall–Kier alpha value is -3.39. The van der Waals surface area contributed by atoms with Crippen molar-refractivity contribution in [1.29, 1.82) is 0 Å². The Morgan fingerprint density at radius 3 is 2.26 bits per heavy atom. The molecule has 2 rings (SSSR count). The van der Waals surface area contributed by atoms with Crippen LogP contribution < -0.4 is 21.2 Å². The second-order valence-corrected chi connectivity index (χ2v) is 5.81. The zero-order valence-electron chi connectivity index (χ0n) is 14.4. The van der Waals surface area contributed by atoms with Gasteiger partial charge in [-0.3, -0.25) is 14.4 Å². The van der Waals surface area contributed by atoms with Gasteiger partial charge in [-0.05, 0) is 61.0 Å². The predicted octanol–water partition coefficient (Wildman–Crippen LogP) is 1.68. The Bertz CT molecular complexity index is 864. The van der Waals surface area contributed by atoms with Crippen molar-refractivity contribution in [3.05, 3.63) is 59.1 Å². The minimum absolute atomic E-state index is 0.217. The molecule has 0 bridgehead atoms. The van der Waals surface area contributed by atoms with E-state index in [0.29, 0.717) is 27.7 Å². The first-order valence-electron chi connectivity index (χ1n) is 7.78. The fourth-order valence-electron chi connectivity index (χ4n) is 1.92. The van der Waals surface area contributed by atoms with Gasteiger partial charge in [-0.15, -0.1) is 0 Å². The average molecular weight is 389 g/mol. The number of nitrogens with one attached hydrogen (secondary N) is 2. The molecule has 9 heteroatoms. The number of nitrogens with two attached hydrogens (primary N) is 1. The molecule has 0 saturated carbocycles. The van der Waals surface area contributed by atoms with Gasteiger partial charge in [0.15, 0.2) is 6.61 Å². The van der Waals surface area contributed by atoms with Gasteiger partial charge in [0.05, 0.1) is 5.71 Å². The zero-order valence-corrected chi connectivity index (χ0v) is 15.1. The lowest BCUT2D eigenvalue weighted by Gasteiger charge is -2.06. The van der Waals surface area contributed by atoms with Gasteiger partial charge in [0.25, 0.3) is 5.91 Å². The number of hydrazone groups is 1. The molecule has 0 radical (unpaired) electrons. The highest BCUT2D eigenvalue weighted by atomic mass is 35.5. The number of rotatable bonds is 6. The SMILES string of the molecule is CC(=NNC(=O)C(=O)Nc1ccc(Cl)cc1)c1ccc(OCC(N)=O)cc1. The fraction of sp³-hybridized carbons (Fsp3) is 0.111. The van der Waals surface area contributed by atoms with Gasteiger partial charge in [0.2, 0.25) is 0 Å². The summed E-state index contributed by atoms with van der Waals surface area (Å²) >= 11 is 5.76. The van der Waals surface area contributed by atoms with Gasteiger partial charge in [-0.25, -0.2) is 5.43 Å². The number of ether oxygens (including phenoxy) is 1. The van der Waals surface area contributed by atoms with Crippen molar-refractivity contribution in [3.8, 4) is 5.75 Å². The number of primary amides is 1. The Morgan fingerprint density at radius 1 is 1.04 bits per heavy atom. The summed E-state index contributed by atoms with van der Waals surface area (Å²) in [4.78, 5) is 34.4. The first-order valence-corrected chi connectivity index (χ1v) is 8.15. The molecule has 27 heavy (non-hydrogen) atoms. The molecule has 0 aliphatic rings. The van der Waals surface area contributed by atoms with Gasteiger partial charge in [0.1, 0.15) is 5.75 Å². The molecule has 0 aromatic heterocycles. The molecule has 0 atom stereocenters. The molecule has 0 unspecified atom stereocenters. The minimum Gasteiger partial charge on any atom is -0.484 e. The third-order valence-corrected chi connectivity index (χ3v) is 3.54.